The Labute approximate surface area is 483 Å². The smallest absolute Gasteiger partial charge is 0.306 e. The van der Waals surface area contributed by atoms with E-state index in [0.29, 0.717) is 12.8 Å². The Morgan fingerprint density at radius 3 is 0.833 bits per heavy atom. The van der Waals surface area contributed by atoms with Crippen LogP contribution in [0.3, 0.4) is 0 Å². The molecule has 0 rings (SSSR count). The van der Waals surface area contributed by atoms with Crippen molar-refractivity contribution in [3.05, 3.63) is 122 Å². The highest BCUT2D eigenvalue weighted by molar-refractivity contribution is 5.70. The number of rotatable bonds is 60. The van der Waals surface area contributed by atoms with E-state index < -0.39 is 6.10 Å². The van der Waals surface area contributed by atoms with Crippen LogP contribution in [0.15, 0.2) is 122 Å². The summed E-state index contributed by atoms with van der Waals surface area (Å²) in [5, 5.41) is 9.68. The first-order valence-electron chi connectivity index (χ1n) is 33.1. The first-order valence-corrected chi connectivity index (χ1v) is 33.1. The van der Waals surface area contributed by atoms with E-state index in [1.54, 1.807) is 0 Å². The minimum Gasteiger partial charge on any atom is -0.462 e. The Bertz CT molecular complexity index is 1550. The summed E-state index contributed by atoms with van der Waals surface area (Å²) in [6, 6.07) is 0. The van der Waals surface area contributed by atoms with Crippen LogP contribution in [0.5, 0.6) is 0 Å². The van der Waals surface area contributed by atoms with Gasteiger partial charge in [-0.15, -0.1) is 0 Å². The lowest BCUT2D eigenvalue weighted by molar-refractivity contribution is -0.161. The Morgan fingerprint density at radius 1 is 0.308 bits per heavy atom. The van der Waals surface area contributed by atoms with E-state index in [0.717, 1.165) is 109 Å². The van der Waals surface area contributed by atoms with Gasteiger partial charge in [0, 0.05) is 12.8 Å². The summed E-state index contributed by atoms with van der Waals surface area (Å²) < 4.78 is 10.7. The molecule has 1 unspecified atom stereocenters. The van der Waals surface area contributed by atoms with Gasteiger partial charge in [-0.05, 0) is 109 Å². The van der Waals surface area contributed by atoms with Crippen molar-refractivity contribution in [3.8, 4) is 0 Å². The normalized spacial score (nSPS) is 13.0. The molecule has 0 aromatic carbocycles. The van der Waals surface area contributed by atoms with Crippen LogP contribution in [-0.2, 0) is 19.1 Å². The summed E-state index contributed by atoms with van der Waals surface area (Å²) in [6.07, 6.45) is 99.3. The van der Waals surface area contributed by atoms with Crippen LogP contribution >= 0.6 is 0 Å². The molecule has 0 saturated heterocycles. The highest BCUT2D eigenvalue weighted by atomic mass is 16.6. The summed E-state index contributed by atoms with van der Waals surface area (Å²) in [4.78, 5) is 24.6. The zero-order chi connectivity index (χ0) is 56.2. The van der Waals surface area contributed by atoms with E-state index in [-0.39, 0.29) is 25.2 Å². The van der Waals surface area contributed by atoms with Crippen molar-refractivity contribution in [1.29, 1.82) is 0 Å². The van der Waals surface area contributed by atoms with E-state index in [2.05, 4.69) is 135 Å². The second kappa shape index (κ2) is 67.6. The first-order chi connectivity index (χ1) is 38.6. The standard InChI is InChI=1S/C73H124O5/c1-3-5-7-9-11-13-15-17-19-21-23-25-27-29-31-33-34-35-36-37-38-40-41-43-45-47-49-51-53-55-57-59-61-63-65-67-72(75)77-70-71(69-74)78-73(76)68-66-64-62-60-58-56-54-52-50-48-46-44-42-39-32-30-28-26-24-22-20-18-16-14-12-10-8-6-4-2/h6,8,12,14-15,17-18,20-21,23-24,26,30,32,42,44,48,50,54,56,71,74H,3-5,7,9-11,13,16,19,22,25,27-29,31,33-41,43,45-47,49,51-53,55,57-70H2,1-2H3/b8-6-,14-12-,17-15-,20-18-,23-21-,26-24-,32-30-,44-42-,50-48-,56-54-. The molecule has 5 heteroatoms. The molecule has 0 fully saturated rings. The molecule has 1 atom stereocenters. The summed E-state index contributed by atoms with van der Waals surface area (Å²) in [7, 11) is 0. The zero-order valence-electron chi connectivity index (χ0n) is 51.1. The van der Waals surface area contributed by atoms with Crippen molar-refractivity contribution in [1.82, 2.24) is 0 Å². The molecule has 0 amide bonds. The molecule has 0 aromatic heterocycles. The number of hydrogen-bond acceptors (Lipinski definition) is 5. The maximum atomic E-state index is 12.3. The quantitative estimate of drug-likeness (QED) is 0.0373. The Kier molecular flexibility index (Phi) is 64.4. The molecule has 5 nitrogen and oxygen atoms in total. The van der Waals surface area contributed by atoms with Gasteiger partial charge in [0.15, 0.2) is 6.10 Å². The summed E-state index contributed by atoms with van der Waals surface area (Å²) in [5.74, 6) is -0.616. The number of aliphatic hydroxyl groups excluding tert-OH is 1. The molecule has 446 valence electrons. The number of carbonyl (C=O) groups excluding carboxylic acids is 2. The number of allylic oxidation sites excluding steroid dienone is 20. The summed E-state index contributed by atoms with van der Waals surface area (Å²) in [6.45, 7) is 4.02. The second-order valence-corrected chi connectivity index (χ2v) is 21.8. The molecule has 0 spiro atoms. The van der Waals surface area contributed by atoms with Crippen molar-refractivity contribution in [2.45, 2.75) is 315 Å². The molecule has 0 saturated carbocycles. The van der Waals surface area contributed by atoms with Crippen LogP contribution in [0.2, 0.25) is 0 Å². The van der Waals surface area contributed by atoms with Crippen LogP contribution in [0.1, 0.15) is 309 Å². The minimum atomic E-state index is -0.794. The number of ether oxygens (including phenoxy) is 2. The van der Waals surface area contributed by atoms with Gasteiger partial charge < -0.3 is 14.6 Å². The van der Waals surface area contributed by atoms with Gasteiger partial charge in [0.05, 0.1) is 6.61 Å². The number of hydrogen-bond donors (Lipinski definition) is 1. The van der Waals surface area contributed by atoms with E-state index in [9.17, 15) is 14.7 Å². The molecule has 1 N–H and O–H groups in total. The van der Waals surface area contributed by atoms with E-state index in [1.165, 1.54) is 173 Å². The lowest BCUT2D eigenvalue weighted by Crippen LogP contribution is -2.28. The predicted octanol–water partition coefficient (Wildman–Crippen LogP) is 23.0. The van der Waals surface area contributed by atoms with Gasteiger partial charge in [0.1, 0.15) is 6.61 Å². The Balaban J connectivity index is 3.51. The van der Waals surface area contributed by atoms with Gasteiger partial charge in [-0.2, -0.15) is 0 Å². The molecular formula is C73H124O5. The van der Waals surface area contributed by atoms with Gasteiger partial charge in [0.25, 0.3) is 0 Å². The molecule has 0 aliphatic heterocycles. The van der Waals surface area contributed by atoms with Crippen molar-refractivity contribution >= 4 is 11.9 Å². The van der Waals surface area contributed by atoms with Gasteiger partial charge in [-0.1, -0.05) is 309 Å². The molecular weight excluding hydrogens is 957 g/mol. The van der Waals surface area contributed by atoms with Crippen molar-refractivity contribution in [3.63, 3.8) is 0 Å². The summed E-state index contributed by atoms with van der Waals surface area (Å²) >= 11 is 0. The molecule has 0 bridgehead atoms. The highest BCUT2D eigenvalue weighted by Crippen LogP contribution is 2.17. The minimum absolute atomic E-state index is 0.0807. The fourth-order valence-corrected chi connectivity index (χ4v) is 9.31. The van der Waals surface area contributed by atoms with Crippen LogP contribution in [-0.4, -0.2) is 36.4 Å². The van der Waals surface area contributed by atoms with Gasteiger partial charge in [0.2, 0.25) is 0 Å². The maximum absolute atomic E-state index is 12.3. The first kappa shape index (κ1) is 74.3. The van der Waals surface area contributed by atoms with Crippen LogP contribution in [0, 0.1) is 0 Å². The molecule has 78 heavy (non-hydrogen) atoms. The molecule has 0 radical (unpaired) electrons. The third-order valence-corrected chi connectivity index (χ3v) is 14.2. The van der Waals surface area contributed by atoms with Crippen molar-refractivity contribution in [2.24, 2.45) is 0 Å². The topological polar surface area (TPSA) is 72.8 Å². The van der Waals surface area contributed by atoms with Crippen LogP contribution in [0.25, 0.3) is 0 Å². The van der Waals surface area contributed by atoms with E-state index in [4.69, 9.17) is 9.47 Å². The van der Waals surface area contributed by atoms with Crippen LogP contribution in [0.4, 0.5) is 0 Å². The Morgan fingerprint density at radius 2 is 0.551 bits per heavy atom. The largest absolute Gasteiger partial charge is 0.462 e. The second-order valence-electron chi connectivity index (χ2n) is 21.8. The van der Waals surface area contributed by atoms with Crippen molar-refractivity contribution in [2.75, 3.05) is 13.2 Å². The maximum Gasteiger partial charge on any atom is 0.306 e. The lowest BCUT2D eigenvalue weighted by atomic mass is 10.0. The molecule has 0 aromatic rings. The number of unbranched alkanes of at least 4 members (excludes halogenated alkanes) is 32. The SMILES string of the molecule is CC/C=C\C/C=C\C/C=C\C/C=C\C/C=C\C/C=C\C/C=C\C/C=C\CCCCCCC(=O)OC(CO)COC(=O)CCCCCCCCCCCCCCCCCCCCCCCCC/C=C\C/C=C\CCCCCCC. The van der Waals surface area contributed by atoms with Crippen molar-refractivity contribution < 1.29 is 24.2 Å². The fourth-order valence-electron chi connectivity index (χ4n) is 9.31. The van der Waals surface area contributed by atoms with Gasteiger partial charge in [-0.25, -0.2) is 0 Å². The van der Waals surface area contributed by atoms with Crippen LogP contribution < -0.4 is 0 Å². The highest BCUT2D eigenvalue weighted by Gasteiger charge is 2.16. The number of carbonyl (C=O) groups is 2. The summed E-state index contributed by atoms with van der Waals surface area (Å²) in [5.41, 5.74) is 0. The van der Waals surface area contributed by atoms with Gasteiger partial charge in [-0.3, -0.25) is 9.59 Å². The third-order valence-electron chi connectivity index (χ3n) is 14.2. The fraction of sp³-hybridized carbons (Fsp3) is 0.699. The lowest BCUT2D eigenvalue weighted by Gasteiger charge is -2.15. The number of aliphatic hydroxyl groups is 1. The zero-order valence-corrected chi connectivity index (χ0v) is 51.1. The predicted molar refractivity (Wildman–Crippen MR) is 343 cm³/mol. The molecule has 0 aliphatic carbocycles. The third kappa shape index (κ3) is 64.8. The molecule has 0 aliphatic rings. The average Bonchev–Trinajstić information content (AvgIpc) is 3.44. The van der Waals surface area contributed by atoms with E-state index in [1.807, 2.05) is 0 Å². The number of esters is 2. The monoisotopic (exact) mass is 1080 g/mol. The molecule has 0 heterocycles. The Hall–Kier alpha value is -3.70. The van der Waals surface area contributed by atoms with Gasteiger partial charge >= 0.3 is 11.9 Å². The average molecular weight is 1080 g/mol. The van der Waals surface area contributed by atoms with E-state index >= 15 is 0 Å².